The molecule has 2 aromatic carbocycles. The van der Waals surface area contributed by atoms with Gasteiger partial charge in [0.2, 0.25) is 21.8 Å². The van der Waals surface area contributed by atoms with Gasteiger partial charge in [0, 0.05) is 36.1 Å². The molecule has 0 fully saturated rings. The van der Waals surface area contributed by atoms with Gasteiger partial charge in [-0.3, -0.25) is 13.9 Å². The Morgan fingerprint density at radius 3 is 2.41 bits per heavy atom. The first-order chi connectivity index (χ1) is 17.5. The fourth-order valence-electron chi connectivity index (χ4n) is 4.01. The van der Waals surface area contributed by atoms with Crippen LogP contribution in [-0.4, -0.2) is 63.2 Å². The molecule has 0 bridgehead atoms. The Balaban J connectivity index is 1.74. The van der Waals surface area contributed by atoms with Crippen LogP contribution in [0.4, 0.5) is 5.69 Å². The van der Waals surface area contributed by atoms with Crippen molar-refractivity contribution in [1.29, 1.82) is 0 Å². The molecule has 0 aromatic heterocycles. The van der Waals surface area contributed by atoms with Gasteiger partial charge in [-0.05, 0) is 57.0 Å². The molecule has 0 aliphatic carbocycles. The molecule has 2 amide bonds. The van der Waals surface area contributed by atoms with E-state index in [4.69, 9.17) is 9.47 Å². The minimum absolute atomic E-state index is 0.0629. The zero-order valence-corrected chi connectivity index (χ0v) is 24.0. The van der Waals surface area contributed by atoms with Crippen molar-refractivity contribution >= 4 is 43.5 Å². The fourth-order valence-corrected chi connectivity index (χ4v) is 5.41. The van der Waals surface area contributed by atoms with Crippen molar-refractivity contribution in [2.75, 3.05) is 30.3 Å². The molecule has 3 rings (SSSR count). The minimum Gasteiger partial charge on any atom is -0.486 e. The summed E-state index contributed by atoms with van der Waals surface area (Å²) in [5, 5.41) is 2.86. The first-order valence-corrected chi connectivity index (χ1v) is 14.8. The van der Waals surface area contributed by atoms with Gasteiger partial charge in [0.25, 0.3) is 0 Å². The van der Waals surface area contributed by atoms with E-state index in [0.717, 1.165) is 16.3 Å². The third-order valence-corrected chi connectivity index (χ3v) is 7.49. The Morgan fingerprint density at radius 2 is 1.76 bits per heavy atom. The van der Waals surface area contributed by atoms with Crippen LogP contribution >= 0.6 is 15.9 Å². The van der Waals surface area contributed by atoms with Crippen LogP contribution in [0, 0.1) is 0 Å². The number of ether oxygens (including phenoxy) is 2. The lowest BCUT2D eigenvalue weighted by Crippen LogP contribution is -2.49. The molecule has 0 radical (unpaired) electrons. The van der Waals surface area contributed by atoms with Crippen LogP contribution in [0.3, 0.4) is 0 Å². The molecule has 1 atom stereocenters. The average molecular weight is 597 g/mol. The molecule has 2 aromatic rings. The monoisotopic (exact) mass is 595 g/mol. The first kappa shape index (κ1) is 28.8. The number of nitrogens with zero attached hydrogens (tertiary/aromatic N) is 2. The van der Waals surface area contributed by atoms with Crippen molar-refractivity contribution in [1.82, 2.24) is 10.2 Å². The predicted octanol–water partition coefficient (Wildman–Crippen LogP) is 3.71. The number of nitrogens with one attached hydrogen (secondary N) is 1. The van der Waals surface area contributed by atoms with Crippen LogP contribution in [0.2, 0.25) is 0 Å². The number of hydrogen-bond donors (Lipinski definition) is 1. The third kappa shape index (κ3) is 8.10. The molecule has 1 aliphatic rings. The molecule has 9 nitrogen and oxygen atoms in total. The van der Waals surface area contributed by atoms with Crippen LogP contribution < -0.4 is 19.1 Å². The summed E-state index contributed by atoms with van der Waals surface area (Å²) in [6, 6.07) is 11.8. The van der Waals surface area contributed by atoms with E-state index in [1.54, 1.807) is 25.1 Å². The smallest absolute Gasteiger partial charge is 0.242 e. The molecule has 37 heavy (non-hydrogen) atoms. The Hall–Kier alpha value is -2.79. The quantitative estimate of drug-likeness (QED) is 0.424. The summed E-state index contributed by atoms with van der Waals surface area (Å²) in [4.78, 5) is 27.6. The number of carbonyl (C=O) groups is 2. The molecule has 11 heteroatoms. The van der Waals surface area contributed by atoms with E-state index in [-0.39, 0.29) is 43.8 Å². The standard InChI is InChI=1S/C26H34BrN3O6S/c1-18(2)28-26(32)19(3)29(17-20-7-5-8-21(27)15-20)25(31)9-6-12-30(37(4,33)34)22-10-11-23-24(16-22)36-14-13-35-23/h5,7-8,10-11,15-16,18-19H,6,9,12-14,17H2,1-4H3,(H,28,32)/t19-/m1/s1. The van der Waals surface area contributed by atoms with Crippen LogP contribution in [0.5, 0.6) is 11.5 Å². The van der Waals surface area contributed by atoms with Crippen molar-refractivity contribution in [2.45, 2.75) is 52.2 Å². The lowest BCUT2D eigenvalue weighted by atomic mass is 10.1. The number of sulfonamides is 1. The Bertz CT molecular complexity index is 1220. The molecule has 1 N–H and O–H groups in total. The second-order valence-electron chi connectivity index (χ2n) is 9.26. The zero-order valence-electron chi connectivity index (χ0n) is 21.6. The maximum Gasteiger partial charge on any atom is 0.242 e. The Labute approximate surface area is 227 Å². The number of fused-ring (bicyclic) bond motifs is 1. The van der Waals surface area contributed by atoms with Gasteiger partial charge in [-0.2, -0.15) is 0 Å². The summed E-state index contributed by atoms with van der Waals surface area (Å²) in [7, 11) is -3.62. The molecule has 0 spiro atoms. The second-order valence-corrected chi connectivity index (χ2v) is 12.1. The molecule has 202 valence electrons. The lowest BCUT2D eigenvalue weighted by molar-refractivity contribution is -0.140. The minimum atomic E-state index is -3.62. The first-order valence-electron chi connectivity index (χ1n) is 12.2. The summed E-state index contributed by atoms with van der Waals surface area (Å²) < 4.78 is 38.4. The molecule has 0 saturated carbocycles. The van der Waals surface area contributed by atoms with Gasteiger partial charge in [-0.1, -0.05) is 28.1 Å². The summed E-state index contributed by atoms with van der Waals surface area (Å²) in [5.74, 6) is 0.573. The number of amides is 2. The van der Waals surface area contributed by atoms with Crippen molar-refractivity contribution in [3.8, 4) is 11.5 Å². The van der Waals surface area contributed by atoms with E-state index in [0.29, 0.717) is 30.4 Å². The molecular formula is C26H34BrN3O6S. The van der Waals surface area contributed by atoms with Crippen molar-refractivity contribution in [3.05, 3.63) is 52.5 Å². The maximum atomic E-state index is 13.4. The van der Waals surface area contributed by atoms with Crippen LogP contribution in [0.15, 0.2) is 46.9 Å². The van der Waals surface area contributed by atoms with Gasteiger partial charge in [0.1, 0.15) is 19.3 Å². The highest BCUT2D eigenvalue weighted by Crippen LogP contribution is 2.34. The summed E-state index contributed by atoms with van der Waals surface area (Å²) >= 11 is 3.45. The molecule has 0 unspecified atom stereocenters. The van der Waals surface area contributed by atoms with E-state index < -0.39 is 16.1 Å². The van der Waals surface area contributed by atoms with Crippen LogP contribution in [0.25, 0.3) is 0 Å². The number of halogens is 1. The van der Waals surface area contributed by atoms with Crippen molar-refractivity contribution < 1.29 is 27.5 Å². The van der Waals surface area contributed by atoms with Crippen molar-refractivity contribution in [3.63, 3.8) is 0 Å². The average Bonchev–Trinajstić information content (AvgIpc) is 2.83. The zero-order chi connectivity index (χ0) is 27.2. The molecule has 1 heterocycles. The number of carbonyl (C=O) groups excluding carboxylic acids is 2. The van der Waals surface area contributed by atoms with Crippen molar-refractivity contribution in [2.24, 2.45) is 0 Å². The van der Waals surface area contributed by atoms with Crippen LogP contribution in [-0.2, 0) is 26.2 Å². The Kier molecular flexibility index (Phi) is 9.83. The summed E-state index contributed by atoms with van der Waals surface area (Å²) in [5.41, 5.74) is 1.32. The van der Waals surface area contributed by atoms with Gasteiger partial charge >= 0.3 is 0 Å². The third-order valence-electron chi connectivity index (χ3n) is 5.81. The number of hydrogen-bond acceptors (Lipinski definition) is 6. The highest BCUT2D eigenvalue weighted by atomic mass is 79.9. The number of anilines is 1. The van der Waals surface area contributed by atoms with Gasteiger partial charge in [-0.25, -0.2) is 8.42 Å². The van der Waals surface area contributed by atoms with Gasteiger partial charge < -0.3 is 19.7 Å². The van der Waals surface area contributed by atoms with Gasteiger partial charge in [-0.15, -0.1) is 0 Å². The second kappa shape index (κ2) is 12.6. The molecule has 0 saturated heterocycles. The topological polar surface area (TPSA) is 105 Å². The molecule has 1 aliphatic heterocycles. The SMILES string of the molecule is CC(C)NC(=O)[C@@H](C)N(Cc1cccc(Br)c1)C(=O)CCCN(c1ccc2c(c1)OCCO2)S(C)(=O)=O. The fraction of sp³-hybridized carbons (Fsp3) is 0.462. The normalized spacial score (nSPS) is 13.7. The summed E-state index contributed by atoms with van der Waals surface area (Å²) in [6.45, 7) is 6.61. The van der Waals surface area contributed by atoms with E-state index in [1.807, 2.05) is 38.1 Å². The van der Waals surface area contributed by atoms with Gasteiger partial charge in [0.15, 0.2) is 11.5 Å². The van der Waals surface area contributed by atoms with E-state index in [1.165, 1.54) is 9.21 Å². The highest BCUT2D eigenvalue weighted by Gasteiger charge is 2.27. The van der Waals surface area contributed by atoms with E-state index >= 15 is 0 Å². The van der Waals surface area contributed by atoms with E-state index in [2.05, 4.69) is 21.2 Å². The predicted molar refractivity (Wildman–Crippen MR) is 146 cm³/mol. The summed E-state index contributed by atoms with van der Waals surface area (Å²) in [6.07, 6.45) is 1.47. The number of benzene rings is 2. The van der Waals surface area contributed by atoms with Gasteiger partial charge in [0.05, 0.1) is 11.9 Å². The maximum absolute atomic E-state index is 13.4. The molecular weight excluding hydrogens is 562 g/mol. The Morgan fingerprint density at radius 1 is 1.05 bits per heavy atom. The highest BCUT2D eigenvalue weighted by molar-refractivity contribution is 9.10. The lowest BCUT2D eigenvalue weighted by Gasteiger charge is -2.30. The number of rotatable bonds is 11. The van der Waals surface area contributed by atoms with Crippen LogP contribution in [0.1, 0.15) is 39.2 Å². The largest absolute Gasteiger partial charge is 0.486 e. The van der Waals surface area contributed by atoms with E-state index in [9.17, 15) is 18.0 Å².